The molecule has 0 N–H and O–H groups in total. The van der Waals surface area contributed by atoms with E-state index in [4.69, 9.17) is 4.99 Å². The van der Waals surface area contributed by atoms with Gasteiger partial charge in [-0.2, -0.15) is 0 Å². The van der Waals surface area contributed by atoms with E-state index in [2.05, 4.69) is 105 Å². The number of anilines is 1. The maximum absolute atomic E-state index is 4.73. The van der Waals surface area contributed by atoms with Crippen molar-refractivity contribution in [2.24, 2.45) is 4.99 Å². The summed E-state index contributed by atoms with van der Waals surface area (Å²) >= 11 is 0. The van der Waals surface area contributed by atoms with Gasteiger partial charge in [-0.25, -0.2) is 0 Å². The maximum Gasteiger partial charge on any atom is 0.114 e. The summed E-state index contributed by atoms with van der Waals surface area (Å²) in [6, 6.07) is 15.7. The molecular weight excluding hydrogens is 428 g/mol. The van der Waals surface area contributed by atoms with Gasteiger partial charge in [0.25, 0.3) is 0 Å². The van der Waals surface area contributed by atoms with Crippen LogP contribution in [0.3, 0.4) is 0 Å². The lowest BCUT2D eigenvalue weighted by atomic mass is 9.87. The van der Waals surface area contributed by atoms with E-state index < -0.39 is 8.07 Å². The van der Waals surface area contributed by atoms with Crippen molar-refractivity contribution >= 4 is 30.2 Å². The third-order valence-electron chi connectivity index (χ3n) is 6.77. The molecule has 0 radical (unpaired) electrons. The SMILES string of the molecule is C=CC/N=C1\C=CC2=C(c3ccccc3C)c3ccc(N(CC=C)CC=C)cc3[Si](C)(C)C2=C1. The van der Waals surface area contributed by atoms with Crippen LogP contribution < -0.4 is 10.1 Å². The van der Waals surface area contributed by atoms with Gasteiger partial charge >= 0.3 is 0 Å². The summed E-state index contributed by atoms with van der Waals surface area (Å²) in [6.07, 6.45) is 12.5. The molecular formula is C31H34N2Si. The van der Waals surface area contributed by atoms with Crippen LogP contribution in [0, 0.1) is 6.92 Å². The second kappa shape index (κ2) is 9.82. The van der Waals surface area contributed by atoms with Crippen LogP contribution in [-0.2, 0) is 0 Å². The van der Waals surface area contributed by atoms with E-state index in [0.29, 0.717) is 6.54 Å². The number of hydrogen-bond donors (Lipinski definition) is 0. The number of aryl methyl sites for hydroxylation is 1. The smallest absolute Gasteiger partial charge is 0.114 e. The van der Waals surface area contributed by atoms with Gasteiger partial charge in [-0.15, -0.1) is 19.7 Å². The molecule has 0 spiro atoms. The van der Waals surface area contributed by atoms with Crippen LogP contribution in [0.4, 0.5) is 5.69 Å². The minimum absolute atomic E-state index is 0.633. The first-order valence-corrected chi connectivity index (χ1v) is 14.9. The fraction of sp³-hybridized carbons (Fsp3) is 0.194. The molecule has 4 rings (SSSR count). The van der Waals surface area contributed by atoms with E-state index in [9.17, 15) is 0 Å². The van der Waals surface area contributed by atoms with Crippen molar-refractivity contribution in [2.45, 2.75) is 20.0 Å². The van der Waals surface area contributed by atoms with E-state index in [0.717, 1.165) is 18.8 Å². The van der Waals surface area contributed by atoms with Gasteiger partial charge in [0.1, 0.15) is 8.07 Å². The topological polar surface area (TPSA) is 15.6 Å². The highest BCUT2D eigenvalue weighted by atomic mass is 28.3. The Labute approximate surface area is 205 Å². The second-order valence-electron chi connectivity index (χ2n) is 9.39. The molecule has 1 aliphatic heterocycles. The van der Waals surface area contributed by atoms with Gasteiger partial charge in [-0.1, -0.05) is 67.7 Å². The first-order chi connectivity index (χ1) is 16.4. The Balaban J connectivity index is 2.00. The molecule has 172 valence electrons. The lowest BCUT2D eigenvalue weighted by molar-refractivity contribution is 0.957. The normalized spacial score (nSPS) is 17.0. The zero-order valence-corrected chi connectivity index (χ0v) is 21.6. The lowest BCUT2D eigenvalue weighted by Crippen LogP contribution is -2.49. The Hall–Kier alpha value is -3.43. The number of aliphatic imine (C=N–C) groups is 1. The molecule has 0 unspecified atom stereocenters. The van der Waals surface area contributed by atoms with Gasteiger partial charge < -0.3 is 4.90 Å². The zero-order valence-electron chi connectivity index (χ0n) is 20.6. The molecule has 1 aliphatic carbocycles. The Morgan fingerprint density at radius 2 is 1.65 bits per heavy atom. The Morgan fingerprint density at radius 3 is 2.32 bits per heavy atom. The van der Waals surface area contributed by atoms with Crippen molar-refractivity contribution in [1.29, 1.82) is 0 Å². The molecule has 0 saturated heterocycles. The van der Waals surface area contributed by atoms with E-state index in [1.54, 1.807) is 0 Å². The molecule has 2 aliphatic rings. The average molecular weight is 463 g/mol. The van der Waals surface area contributed by atoms with Crippen molar-refractivity contribution in [3.05, 3.63) is 126 Å². The standard InChI is InChI=1S/C31H34N2Si/c1-7-18-32-24-14-16-27-29(21-24)34(5,6)30-22-25(33(19-8-2)20-9-3)15-17-28(30)31(27)26-13-11-10-12-23(26)4/h7-17,21-22H,1-3,18-20H2,4-6H3/b32-24+. The van der Waals surface area contributed by atoms with Crippen molar-refractivity contribution in [3.63, 3.8) is 0 Å². The first-order valence-electron chi connectivity index (χ1n) is 11.9. The van der Waals surface area contributed by atoms with E-state index >= 15 is 0 Å². The molecule has 0 fully saturated rings. The van der Waals surface area contributed by atoms with Crippen molar-refractivity contribution in [3.8, 4) is 0 Å². The Morgan fingerprint density at radius 1 is 0.912 bits per heavy atom. The van der Waals surface area contributed by atoms with Crippen LogP contribution in [0.5, 0.6) is 0 Å². The van der Waals surface area contributed by atoms with E-state index in [-0.39, 0.29) is 0 Å². The molecule has 0 aromatic heterocycles. The summed E-state index contributed by atoms with van der Waals surface area (Å²) in [5.41, 5.74) is 8.87. The van der Waals surface area contributed by atoms with Gasteiger partial charge in [0.15, 0.2) is 0 Å². The fourth-order valence-corrected chi connectivity index (χ4v) is 8.10. The number of nitrogens with zero attached hydrogens (tertiary/aromatic N) is 2. The van der Waals surface area contributed by atoms with Gasteiger partial charge in [0.2, 0.25) is 0 Å². The molecule has 0 bridgehead atoms. The van der Waals surface area contributed by atoms with Gasteiger partial charge in [-0.3, -0.25) is 4.99 Å². The molecule has 2 aromatic carbocycles. The summed E-state index contributed by atoms with van der Waals surface area (Å²) in [5.74, 6) is 0. The molecule has 2 nitrogen and oxygen atoms in total. The number of fused-ring (bicyclic) bond motifs is 2. The predicted molar refractivity (Wildman–Crippen MR) is 153 cm³/mol. The quantitative estimate of drug-likeness (QED) is 0.320. The van der Waals surface area contributed by atoms with E-state index in [1.807, 2.05) is 18.2 Å². The van der Waals surface area contributed by atoms with Crippen molar-refractivity contribution < 1.29 is 0 Å². The highest BCUT2D eigenvalue weighted by Gasteiger charge is 2.40. The lowest BCUT2D eigenvalue weighted by Gasteiger charge is -2.39. The van der Waals surface area contributed by atoms with Crippen molar-refractivity contribution in [1.82, 2.24) is 0 Å². The summed E-state index contributed by atoms with van der Waals surface area (Å²) in [4.78, 5) is 7.05. The van der Waals surface area contributed by atoms with E-state index in [1.165, 1.54) is 43.9 Å². The monoisotopic (exact) mass is 462 g/mol. The number of rotatable bonds is 8. The molecule has 3 heteroatoms. The zero-order chi connectivity index (χ0) is 24.3. The Bertz CT molecular complexity index is 1260. The summed E-state index contributed by atoms with van der Waals surface area (Å²) in [5, 5.41) is 2.91. The van der Waals surface area contributed by atoms with Gasteiger partial charge in [0.05, 0.1) is 12.3 Å². The second-order valence-corrected chi connectivity index (χ2v) is 13.7. The van der Waals surface area contributed by atoms with Crippen LogP contribution in [0.1, 0.15) is 16.7 Å². The van der Waals surface area contributed by atoms with Crippen LogP contribution in [0.2, 0.25) is 13.1 Å². The van der Waals surface area contributed by atoms with Crippen molar-refractivity contribution in [2.75, 3.05) is 24.5 Å². The maximum atomic E-state index is 4.73. The molecule has 2 aromatic rings. The van der Waals surface area contributed by atoms with Crippen LogP contribution >= 0.6 is 0 Å². The molecule has 0 saturated carbocycles. The number of benzene rings is 2. The highest BCUT2D eigenvalue weighted by molar-refractivity contribution is 6.98. The third kappa shape index (κ3) is 4.24. The number of allylic oxidation sites excluding steroid dienone is 5. The fourth-order valence-electron chi connectivity index (χ4n) is 5.03. The molecule has 1 heterocycles. The van der Waals surface area contributed by atoms with Crippen LogP contribution in [0.15, 0.2) is 114 Å². The summed E-state index contributed by atoms with van der Waals surface area (Å²) in [6.45, 7) is 21.1. The predicted octanol–water partition coefficient (Wildman–Crippen LogP) is 6.57. The summed E-state index contributed by atoms with van der Waals surface area (Å²) in [7, 11) is -2.00. The highest BCUT2D eigenvalue weighted by Crippen LogP contribution is 2.42. The van der Waals surface area contributed by atoms with Gasteiger partial charge in [-0.05, 0) is 69.4 Å². The minimum atomic E-state index is -2.00. The number of hydrogen-bond acceptors (Lipinski definition) is 2. The largest absolute Gasteiger partial charge is 0.364 e. The Kier molecular flexibility index (Phi) is 6.85. The van der Waals surface area contributed by atoms with Gasteiger partial charge in [0, 0.05) is 18.8 Å². The molecule has 0 atom stereocenters. The average Bonchev–Trinajstić information content (AvgIpc) is 2.84. The molecule has 0 amide bonds. The summed E-state index contributed by atoms with van der Waals surface area (Å²) < 4.78 is 0. The van der Waals surface area contributed by atoms with Crippen LogP contribution in [0.25, 0.3) is 5.57 Å². The molecule has 34 heavy (non-hydrogen) atoms. The van der Waals surface area contributed by atoms with Crippen LogP contribution in [-0.4, -0.2) is 33.4 Å². The third-order valence-corrected chi connectivity index (χ3v) is 10.3. The first kappa shape index (κ1) is 23.7. The minimum Gasteiger partial charge on any atom is -0.364 e.